The molecule has 1 unspecified atom stereocenters. The van der Waals surface area contributed by atoms with Gasteiger partial charge in [0.1, 0.15) is 5.82 Å². The first kappa shape index (κ1) is 18.0. The van der Waals surface area contributed by atoms with E-state index in [1.54, 1.807) is 12.1 Å². The fourth-order valence-corrected chi connectivity index (χ4v) is 2.89. The highest BCUT2D eigenvalue weighted by Gasteiger charge is 2.25. The number of hydrogen-bond acceptors (Lipinski definition) is 2. The molecule has 1 atom stereocenters. The zero-order chi connectivity index (χ0) is 15.7. The topological polar surface area (TPSA) is 15.3 Å². The number of benzene rings is 1. The molecule has 0 heterocycles. The van der Waals surface area contributed by atoms with Gasteiger partial charge in [-0.2, -0.15) is 0 Å². The van der Waals surface area contributed by atoms with E-state index in [0.717, 1.165) is 38.3 Å². The quantitative estimate of drug-likeness (QED) is 0.641. The van der Waals surface area contributed by atoms with Gasteiger partial charge >= 0.3 is 0 Å². The second-order valence-electron chi connectivity index (χ2n) is 6.23. The average molecular weight is 294 g/mol. The molecule has 1 aromatic carbocycles. The maximum atomic E-state index is 13.1. The highest BCUT2D eigenvalue weighted by atomic mass is 19.1. The third-order valence-electron chi connectivity index (χ3n) is 3.98. The smallest absolute Gasteiger partial charge is 0.123 e. The maximum Gasteiger partial charge on any atom is 0.123 e. The lowest BCUT2D eigenvalue weighted by molar-refractivity contribution is 0.281. The molecule has 0 fully saturated rings. The molecular formula is C18H31FN2. The molecule has 0 amide bonds. The fourth-order valence-electron chi connectivity index (χ4n) is 2.89. The Morgan fingerprint density at radius 1 is 1.10 bits per heavy atom. The molecule has 0 bridgehead atoms. The summed E-state index contributed by atoms with van der Waals surface area (Å²) in [4.78, 5) is 2.35. The van der Waals surface area contributed by atoms with E-state index in [0.29, 0.717) is 0 Å². The Morgan fingerprint density at radius 2 is 1.76 bits per heavy atom. The molecule has 1 rings (SSSR count). The summed E-state index contributed by atoms with van der Waals surface area (Å²) in [6.45, 7) is 13.0. The van der Waals surface area contributed by atoms with Crippen molar-refractivity contribution >= 4 is 5.69 Å². The summed E-state index contributed by atoms with van der Waals surface area (Å²) in [6.07, 6.45) is 3.55. The number of hydrogen-bond donors (Lipinski definition) is 1. The minimum absolute atomic E-state index is 0.171. The summed E-state index contributed by atoms with van der Waals surface area (Å²) >= 11 is 0. The molecule has 3 heteroatoms. The van der Waals surface area contributed by atoms with Crippen LogP contribution < -0.4 is 10.2 Å². The third kappa shape index (κ3) is 6.04. The predicted molar refractivity (Wildman–Crippen MR) is 90.5 cm³/mol. The molecule has 21 heavy (non-hydrogen) atoms. The number of halogens is 1. The zero-order valence-corrected chi connectivity index (χ0v) is 14.1. The van der Waals surface area contributed by atoms with E-state index in [2.05, 4.69) is 37.9 Å². The van der Waals surface area contributed by atoms with Crippen LogP contribution in [0.1, 0.15) is 47.0 Å². The molecule has 0 aliphatic carbocycles. The van der Waals surface area contributed by atoms with Crippen LogP contribution in [-0.2, 0) is 0 Å². The number of anilines is 1. The summed E-state index contributed by atoms with van der Waals surface area (Å²) in [6, 6.07) is 6.85. The summed E-state index contributed by atoms with van der Waals surface area (Å²) in [5.41, 5.74) is 1.35. The van der Waals surface area contributed by atoms with Gasteiger partial charge in [-0.1, -0.05) is 27.2 Å². The van der Waals surface area contributed by atoms with Gasteiger partial charge in [0.15, 0.2) is 0 Å². The van der Waals surface area contributed by atoms with Crippen molar-refractivity contribution in [1.29, 1.82) is 0 Å². The normalized spacial score (nSPS) is 14.0. The zero-order valence-electron chi connectivity index (χ0n) is 14.1. The average Bonchev–Trinajstić information content (AvgIpc) is 2.46. The van der Waals surface area contributed by atoms with Crippen molar-refractivity contribution < 1.29 is 4.39 Å². The fraction of sp³-hybridized carbons (Fsp3) is 0.667. The number of rotatable bonds is 10. The lowest BCUT2D eigenvalue weighted by atomic mass is 9.84. The molecule has 0 saturated carbocycles. The van der Waals surface area contributed by atoms with Gasteiger partial charge in [-0.15, -0.1) is 0 Å². The third-order valence-corrected chi connectivity index (χ3v) is 3.98. The molecule has 2 nitrogen and oxygen atoms in total. The van der Waals surface area contributed by atoms with Crippen molar-refractivity contribution in [2.24, 2.45) is 5.41 Å². The number of nitrogens with zero attached hydrogens (tertiary/aromatic N) is 1. The van der Waals surface area contributed by atoms with Gasteiger partial charge in [0.2, 0.25) is 0 Å². The first-order valence-corrected chi connectivity index (χ1v) is 8.26. The van der Waals surface area contributed by atoms with Crippen LogP contribution >= 0.6 is 0 Å². The molecule has 0 radical (unpaired) electrons. The van der Waals surface area contributed by atoms with Gasteiger partial charge in [-0.25, -0.2) is 4.39 Å². The van der Waals surface area contributed by atoms with E-state index in [1.807, 2.05) is 12.1 Å². The lowest BCUT2D eigenvalue weighted by Crippen LogP contribution is -2.42. The molecule has 0 saturated heterocycles. The van der Waals surface area contributed by atoms with Crippen LogP contribution in [0, 0.1) is 11.2 Å². The van der Waals surface area contributed by atoms with E-state index in [4.69, 9.17) is 0 Å². The molecule has 1 N–H and O–H groups in total. The highest BCUT2D eigenvalue weighted by molar-refractivity contribution is 5.46. The number of nitrogens with one attached hydrogen (secondary N) is 1. The Morgan fingerprint density at radius 3 is 2.29 bits per heavy atom. The lowest BCUT2D eigenvalue weighted by Gasteiger charge is -2.36. The molecule has 0 aromatic heterocycles. The monoisotopic (exact) mass is 294 g/mol. The molecule has 0 aliphatic heterocycles. The van der Waals surface area contributed by atoms with Crippen LogP contribution in [0.4, 0.5) is 10.1 Å². The van der Waals surface area contributed by atoms with E-state index < -0.39 is 0 Å². The van der Waals surface area contributed by atoms with Crippen LogP contribution in [0.5, 0.6) is 0 Å². The van der Waals surface area contributed by atoms with Crippen molar-refractivity contribution in [3.63, 3.8) is 0 Å². The summed E-state index contributed by atoms with van der Waals surface area (Å²) in [7, 11) is 0. The second kappa shape index (κ2) is 9.04. The van der Waals surface area contributed by atoms with Crippen LogP contribution in [0.2, 0.25) is 0 Å². The van der Waals surface area contributed by atoms with Gasteiger partial charge in [-0.05, 0) is 56.0 Å². The van der Waals surface area contributed by atoms with Crippen molar-refractivity contribution in [2.75, 3.05) is 31.1 Å². The SMILES string of the molecule is CCCNCC(C)(CCC)CN(CC)c1ccc(F)cc1. The van der Waals surface area contributed by atoms with Crippen LogP contribution in [0.3, 0.4) is 0 Å². The molecule has 0 spiro atoms. The minimum atomic E-state index is -0.171. The van der Waals surface area contributed by atoms with E-state index in [9.17, 15) is 4.39 Å². The summed E-state index contributed by atoms with van der Waals surface area (Å²) < 4.78 is 13.1. The Kier molecular flexibility index (Phi) is 7.73. The van der Waals surface area contributed by atoms with E-state index in [1.165, 1.54) is 12.8 Å². The standard InChI is InChI=1S/C18H31FN2/c1-5-12-18(4,14-20-13-6-2)15-21(7-3)17-10-8-16(19)9-11-17/h8-11,20H,5-7,12-15H2,1-4H3. The first-order chi connectivity index (χ1) is 10.0. The minimum Gasteiger partial charge on any atom is -0.371 e. The summed E-state index contributed by atoms with van der Waals surface area (Å²) in [5, 5.41) is 3.56. The Bertz CT molecular complexity index is 391. The molecular weight excluding hydrogens is 263 g/mol. The van der Waals surface area contributed by atoms with Crippen molar-refractivity contribution in [3.05, 3.63) is 30.1 Å². The second-order valence-corrected chi connectivity index (χ2v) is 6.23. The first-order valence-electron chi connectivity index (χ1n) is 8.26. The van der Waals surface area contributed by atoms with Gasteiger partial charge in [0.25, 0.3) is 0 Å². The van der Waals surface area contributed by atoms with Crippen LogP contribution in [0.15, 0.2) is 24.3 Å². The van der Waals surface area contributed by atoms with Crippen molar-refractivity contribution in [2.45, 2.75) is 47.0 Å². The largest absolute Gasteiger partial charge is 0.371 e. The molecule has 1 aromatic rings. The Labute approximate surface area is 129 Å². The summed E-state index contributed by atoms with van der Waals surface area (Å²) in [5.74, 6) is -0.171. The Hall–Kier alpha value is -1.09. The maximum absolute atomic E-state index is 13.1. The van der Waals surface area contributed by atoms with Gasteiger partial charge in [0, 0.05) is 25.3 Å². The predicted octanol–water partition coefficient (Wildman–Crippen LogP) is 4.46. The van der Waals surface area contributed by atoms with Gasteiger partial charge < -0.3 is 10.2 Å². The van der Waals surface area contributed by atoms with Gasteiger partial charge in [-0.3, -0.25) is 0 Å². The van der Waals surface area contributed by atoms with Crippen LogP contribution in [-0.4, -0.2) is 26.2 Å². The van der Waals surface area contributed by atoms with Gasteiger partial charge in [0.05, 0.1) is 0 Å². The van der Waals surface area contributed by atoms with E-state index >= 15 is 0 Å². The van der Waals surface area contributed by atoms with E-state index in [-0.39, 0.29) is 11.2 Å². The Balaban J connectivity index is 2.75. The highest BCUT2D eigenvalue weighted by Crippen LogP contribution is 2.27. The molecule has 120 valence electrons. The molecule has 0 aliphatic rings. The van der Waals surface area contributed by atoms with Crippen molar-refractivity contribution in [3.8, 4) is 0 Å². The van der Waals surface area contributed by atoms with Crippen molar-refractivity contribution in [1.82, 2.24) is 5.32 Å². The van der Waals surface area contributed by atoms with Crippen LogP contribution in [0.25, 0.3) is 0 Å².